The molecule has 164 valence electrons. The van der Waals surface area contributed by atoms with Gasteiger partial charge in [0.15, 0.2) is 5.65 Å². The molecule has 5 rings (SSSR count). The van der Waals surface area contributed by atoms with Gasteiger partial charge in [-0.3, -0.25) is 18.8 Å². The van der Waals surface area contributed by atoms with Gasteiger partial charge in [-0.1, -0.05) is 0 Å². The molecular weight excluding hydrogens is 410 g/mol. The fourth-order valence-corrected chi connectivity index (χ4v) is 3.59. The molecule has 4 aromatic rings. The van der Waals surface area contributed by atoms with Crippen LogP contribution in [0.15, 0.2) is 41.5 Å². The van der Waals surface area contributed by atoms with Crippen molar-refractivity contribution in [1.29, 1.82) is 0 Å². The van der Waals surface area contributed by atoms with Gasteiger partial charge in [-0.15, -0.1) is 0 Å². The van der Waals surface area contributed by atoms with E-state index in [4.69, 9.17) is 0 Å². The molecule has 4 aromatic heterocycles. The Morgan fingerprint density at radius 2 is 2.06 bits per heavy atom. The van der Waals surface area contributed by atoms with Gasteiger partial charge in [0, 0.05) is 38.5 Å². The minimum absolute atomic E-state index is 0.206. The number of aromatic nitrogens is 6. The average Bonchev–Trinajstić information content (AvgIpc) is 3.37. The van der Waals surface area contributed by atoms with Crippen LogP contribution in [0, 0.1) is 6.92 Å². The topological polar surface area (TPSA) is 123 Å². The molecule has 1 aliphatic rings. The number of hydrogen-bond acceptors (Lipinski definition) is 7. The summed E-state index contributed by atoms with van der Waals surface area (Å²) in [7, 11) is 3.54. The van der Waals surface area contributed by atoms with E-state index in [1.165, 1.54) is 10.8 Å². The Balaban J connectivity index is 1.54. The van der Waals surface area contributed by atoms with E-state index in [1.54, 1.807) is 47.7 Å². The maximum absolute atomic E-state index is 13.1. The average molecular weight is 433 g/mol. The van der Waals surface area contributed by atoms with Crippen LogP contribution in [0.25, 0.3) is 11.5 Å². The van der Waals surface area contributed by atoms with Crippen LogP contribution in [0.1, 0.15) is 28.9 Å². The monoisotopic (exact) mass is 433 g/mol. The molecule has 0 atom stereocenters. The van der Waals surface area contributed by atoms with Gasteiger partial charge in [-0.2, -0.15) is 14.7 Å². The molecule has 11 heteroatoms. The van der Waals surface area contributed by atoms with Crippen molar-refractivity contribution in [2.75, 3.05) is 17.7 Å². The Kier molecular flexibility index (Phi) is 4.65. The van der Waals surface area contributed by atoms with Crippen molar-refractivity contribution in [2.45, 2.75) is 25.8 Å². The number of amides is 1. The van der Waals surface area contributed by atoms with Crippen LogP contribution in [0.4, 0.5) is 17.3 Å². The molecule has 1 amide bonds. The molecular formula is C21H23N9O2. The molecule has 1 fully saturated rings. The highest BCUT2D eigenvalue weighted by Crippen LogP contribution is 2.23. The molecule has 1 aliphatic carbocycles. The van der Waals surface area contributed by atoms with Gasteiger partial charge < -0.3 is 16.0 Å². The van der Waals surface area contributed by atoms with Crippen LogP contribution in [0.2, 0.25) is 0 Å². The quantitative estimate of drug-likeness (QED) is 0.422. The van der Waals surface area contributed by atoms with Gasteiger partial charge in [0.1, 0.15) is 28.7 Å². The lowest BCUT2D eigenvalue weighted by molar-refractivity contribution is 0.0952. The molecule has 0 aromatic carbocycles. The van der Waals surface area contributed by atoms with Crippen LogP contribution in [-0.2, 0) is 7.05 Å². The minimum atomic E-state index is -0.247. The van der Waals surface area contributed by atoms with Crippen LogP contribution >= 0.6 is 0 Å². The highest BCUT2D eigenvalue weighted by Gasteiger charge is 2.26. The van der Waals surface area contributed by atoms with Gasteiger partial charge in [0.05, 0.1) is 11.9 Å². The summed E-state index contributed by atoms with van der Waals surface area (Å²) in [5, 5.41) is 17.7. The molecule has 0 unspecified atom stereocenters. The van der Waals surface area contributed by atoms with Gasteiger partial charge in [-0.05, 0) is 31.9 Å². The zero-order valence-corrected chi connectivity index (χ0v) is 18.0. The van der Waals surface area contributed by atoms with Gasteiger partial charge in [-0.25, -0.2) is 4.98 Å². The summed E-state index contributed by atoms with van der Waals surface area (Å²) in [4.78, 5) is 30.3. The third-order valence-electron chi connectivity index (χ3n) is 5.32. The third kappa shape index (κ3) is 3.47. The number of fused-ring (bicyclic) bond motifs is 1. The first-order valence-corrected chi connectivity index (χ1v) is 10.3. The molecule has 11 nitrogen and oxygen atoms in total. The van der Waals surface area contributed by atoms with E-state index in [0.717, 1.165) is 18.5 Å². The largest absolute Gasteiger partial charge is 0.373 e. The lowest BCUT2D eigenvalue weighted by Gasteiger charge is -2.12. The van der Waals surface area contributed by atoms with Crippen molar-refractivity contribution in [2.24, 2.45) is 7.05 Å². The fourth-order valence-electron chi connectivity index (χ4n) is 3.59. The van der Waals surface area contributed by atoms with Gasteiger partial charge >= 0.3 is 0 Å². The summed E-state index contributed by atoms with van der Waals surface area (Å²) in [6.45, 7) is 1.87. The van der Waals surface area contributed by atoms with E-state index in [2.05, 4.69) is 31.1 Å². The number of carbonyl (C=O) groups is 1. The summed E-state index contributed by atoms with van der Waals surface area (Å²) in [6, 6.07) is 7.25. The van der Waals surface area contributed by atoms with E-state index in [1.807, 2.05) is 13.0 Å². The fraction of sp³-hybridized carbons (Fsp3) is 0.286. The van der Waals surface area contributed by atoms with Gasteiger partial charge in [0.2, 0.25) is 0 Å². The van der Waals surface area contributed by atoms with E-state index >= 15 is 0 Å². The number of carbonyl (C=O) groups excluding carboxylic acids is 1. The lowest BCUT2D eigenvalue weighted by Crippen LogP contribution is -2.25. The molecule has 0 spiro atoms. The maximum Gasteiger partial charge on any atom is 0.279 e. The maximum atomic E-state index is 13.1. The first-order chi connectivity index (χ1) is 15.4. The number of nitrogens with one attached hydrogen (secondary N) is 3. The third-order valence-corrected chi connectivity index (χ3v) is 5.32. The van der Waals surface area contributed by atoms with Gasteiger partial charge in [0.25, 0.3) is 11.5 Å². The van der Waals surface area contributed by atoms with Crippen LogP contribution < -0.4 is 21.5 Å². The second kappa shape index (κ2) is 7.52. The highest BCUT2D eigenvalue weighted by atomic mass is 16.2. The zero-order valence-electron chi connectivity index (χ0n) is 18.0. The summed E-state index contributed by atoms with van der Waals surface area (Å²) in [6.07, 6.45) is 5.18. The van der Waals surface area contributed by atoms with Crippen molar-refractivity contribution < 1.29 is 4.79 Å². The Bertz CT molecular complexity index is 1390. The molecule has 1 saturated carbocycles. The summed E-state index contributed by atoms with van der Waals surface area (Å²) >= 11 is 0. The Hall–Kier alpha value is -4.15. The molecule has 3 N–H and O–H groups in total. The molecule has 0 aliphatic heterocycles. The first kappa shape index (κ1) is 19.8. The number of hydrogen-bond donors (Lipinski definition) is 3. The predicted octanol–water partition coefficient (Wildman–Crippen LogP) is 1.60. The number of aryl methyl sites for hydroxylation is 2. The molecule has 4 heterocycles. The number of pyridine rings is 1. The van der Waals surface area contributed by atoms with Crippen molar-refractivity contribution >= 4 is 28.9 Å². The minimum Gasteiger partial charge on any atom is -0.373 e. The Morgan fingerprint density at radius 1 is 1.25 bits per heavy atom. The Labute approximate surface area is 183 Å². The molecule has 32 heavy (non-hydrogen) atoms. The lowest BCUT2D eigenvalue weighted by atomic mass is 10.3. The highest BCUT2D eigenvalue weighted by molar-refractivity contribution is 6.00. The van der Waals surface area contributed by atoms with Crippen molar-refractivity contribution in [3.05, 3.63) is 58.3 Å². The zero-order chi connectivity index (χ0) is 22.4. The molecule has 0 saturated heterocycles. The van der Waals surface area contributed by atoms with Crippen LogP contribution in [-0.4, -0.2) is 47.9 Å². The van der Waals surface area contributed by atoms with E-state index in [-0.39, 0.29) is 17.5 Å². The van der Waals surface area contributed by atoms with Crippen molar-refractivity contribution in [3.63, 3.8) is 0 Å². The first-order valence-electron chi connectivity index (χ1n) is 10.3. The Morgan fingerprint density at radius 3 is 2.75 bits per heavy atom. The van der Waals surface area contributed by atoms with E-state index in [9.17, 15) is 9.59 Å². The summed E-state index contributed by atoms with van der Waals surface area (Å²) in [5.41, 5.74) is 1.69. The van der Waals surface area contributed by atoms with E-state index < -0.39 is 0 Å². The molecule has 0 radical (unpaired) electrons. The SMILES string of the molecule is CNc1cc(Nc2cccn(-c3cc(C)nn3C)c2=O)nc2c(C(=O)NC3CC3)cnn12. The second-order valence-electron chi connectivity index (χ2n) is 7.81. The van der Waals surface area contributed by atoms with Crippen LogP contribution in [0.5, 0.6) is 0 Å². The second-order valence-corrected chi connectivity index (χ2v) is 7.81. The summed E-state index contributed by atoms with van der Waals surface area (Å²) < 4.78 is 4.74. The van der Waals surface area contributed by atoms with Crippen molar-refractivity contribution in [1.82, 2.24) is 34.3 Å². The number of rotatable bonds is 6. The summed E-state index contributed by atoms with van der Waals surface area (Å²) in [5.74, 6) is 1.49. The predicted molar refractivity (Wildman–Crippen MR) is 120 cm³/mol. The van der Waals surface area contributed by atoms with Crippen molar-refractivity contribution in [3.8, 4) is 5.82 Å². The van der Waals surface area contributed by atoms with Crippen LogP contribution in [0.3, 0.4) is 0 Å². The number of anilines is 3. The number of nitrogens with zero attached hydrogens (tertiary/aromatic N) is 6. The normalized spacial score (nSPS) is 13.3. The standard InChI is InChI=1S/C21H23N9O2/c1-12-9-18(28(3)27-12)29-8-4-5-15(21(29)32)25-16-10-17(22-2)30-19(26-16)14(11-23-30)20(31)24-13-6-7-13/h4-5,8-11,13,22H,6-7H2,1-3H3,(H,24,31)(H,25,26). The molecule has 0 bridgehead atoms. The van der Waals surface area contributed by atoms with E-state index in [0.29, 0.717) is 34.4 Å². The smallest absolute Gasteiger partial charge is 0.279 e.